The van der Waals surface area contributed by atoms with Gasteiger partial charge >= 0.3 is 11.7 Å². The van der Waals surface area contributed by atoms with Crippen molar-refractivity contribution in [2.45, 2.75) is 83.6 Å². The van der Waals surface area contributed by atoms with Crippen LogP contribution in [-0.4, -0.2) is 78.5 Å². The largest absolute Gasteiger partial charge is 0.497 e. The lowest BCUT2D eigenvalue weighted by Crippen LogP contribution is -2.39. The molecule has 1 aliphatic heterocycles. The first-order valence-corrected chi connectivity index (χ1v) is 20.0. The summed E-state index contributed by atoms with van der Waals surface area (Å²) in [4.78, 5) is 41.0. The molecule has 4 aromatic rings. The fourth-order valence-electron chi connectivity index (χ4n) is 6.88. The van der Waals surface area contributed by atoms with Gasteiger partial charge in [0.1, 0.15) is 35.0 Å². The molecule has 1 saturated heterocycles. The Bertz CT molecular complexity index is 2010. The van der Waals surface area contributed by atoms with Gasteiger partial charge in [-0.2, -0.15) is 5.26 Å². The van der Waals surface area contributed by atoms with Crippen molar-refractivity contribution in [3.63, 3.8) is 0 Å². The van der Waals surface area contributed by atoms with Crippen molar-refractivity contribution >= 4 is 14.5 Å². The smallest absolute Gasteiger partial charge is 0.345 e. The summed E-state index contributed by atoms with van der Waals surface area (Å²) < 4.78 is 46.4. The summed E-state index contributed by atoms with van der Waals surface area (Å²) >= 11 is 0. The Hall–Kier alpha value is -4.87. The fraction of sp³-hybridized carbons (Fsp3) is 0.429. The van der Waals surface area contributed by atoms with Gasteiger partial charge in [0.05, 0.1) is 52.6 Å². The van der Waals surface area contributed by atoms with Gasteiger partial charge in [0.15, 0.2) is 0 Å². The van der Waals surface area contributed by atoms with Gasteiger partial charge in [0.2, 0.25) is 0 Å². The zero-order valence-corrected chi connectivity index (χ0v) is 34.3. The van der Waals surface area contributed by atoms with Crippen molar-refractivity contribution in [2.24, 2.45) is 0 Å². The number of carbonyl (C=O) groups is 1. The van der Waals surface area contributed by atoms with E-state index in [1.807, 2.05) is 107 Å². The van der Waals surface area contributed by atoms with E-state index in [0.717, 1.165) is 22.9 Å². The number of rotatable bonds is 19. The van der Waals surface area contributed by atoms with Crippen molar-refractivity contribution in [3.8, 4) is 17.6 Å². The zero-order valence-electron chi connectivity index (χ0n) is 33.4. The Kier molecular flexibility index (Phi) is 15.2. The molecule has 57 heavy (non-hydrogen) atoms. The molecule has 0 saturated carbocycles. The maximum Gasteiger partial charge on any atom is 0.345 e. The molecule has 1 aromatic heterocycles. The predicted octanol–water partition coefficient (Wildman–Crippen LogP) is 6.69. The second-order valence-corrected chi connectivity index (χ2v) is 15.2. The van der Waals surface area contributed by atoms with Gasteiger partial charge in [-0.05, 0) is 75.6 Å². The first kappa shape index (κ1) is 43.3. The number of hydrogen-bond acceptors (Lipinski definition) is 12. The molecule has 0 amide bonds. The third-order valence-corrected chi connectivity index (χ3v) is 11.6. The molecule has 2 heterocycles. The normalized spacial score (nSPS) is 17.5. The van der Waals surface area contributed by atoms with Crippen LogP contribution >= 0.6 is 8.53 Å². The molecule has 1 aliphatic rings. The highest BCUT2D eigenvalue weighted by Crippen LogP contribution is 2.50. The van der Waals surface area contributed by atoms with E-state index in [-0.39, 0.29) is 50.3 Å². The van der Waals surface area contributed by atoms with Crippen molar-refractivity contribution in [2.75, 3.05) is 34.0 Å². The topological polar surface area (TPSA) is 164 Å². The number of nitrogens with zero attached hydrogens (tertiary/aromatic N) is 3. The number of carbonyl (C=O) groups excluding carboxylic acids is 1. The van der Waals surface area contributed by atoms with Gasteiger partial charge in [0.25, 0.3) is 14.1 Å². The lowest BCUT2D eigenvalue weighted by atomic mass is 9.80. The van der Waals surface area contributed by atoms with Crippen LogP contribution in [0.4, 0.5) is 0 Å². The number of ether oxygens (including phenoxy) is 5. The van der Waals surface area contributed by atoms with Crippen LogP contribution in [0.5, 0.6) is 11.5 Å². The number of nitrogens with one attached hydrogen (secondary N) is 1. The standard InChI is InChI=1S/C42H51N4O10P/c1-8-52-40(48)35-26-45(41(49)44-39(35)47)38-25-36(56-57(54-24-12-23-43)46(28(2)3)29(4)5)37(55-38)27-53-42(30-13-10-9-11-14-30,31-15-19-33(50-6)20-16-31)32-17-21-34(51-7)22-18-32/h9-11,13-22,26,28-29,36-38H,8,12,24-25,27H2,1-7H3,(H,44,47,49)/t36-,37+,38+,57?/m0/s1. The molecule has 0 bridgehead atoms. The predicted molar refractivity (Wildman–Crippen MR) is 214 cm³/mol. The molecule has 0 aliphatic carbocycles. The van der Waals surface area contributed by atoms with Crippen molar-refractivity contribution in [1.29, 1.82) is 5.26 Å². The van der Waals surface area contributed by atoms with Gasteiger partial charge < -0.3 is 32.7 Å². The summed E-state index contributed by atoms with van der Waals surface area (Å²) in [6, 6.07) is 27.2. The second kappa shape index (κ2) is 20.0. The third-order valence-electron chi connectivity index (χ3n) is 9.48. The Labute approximate surface area is 334 Å². The molecule has 1 fully saturated rings. The zero-order chi connectivity index (χ0) is 41.1. The highest BCUT2D eigenvalue weighted by Gasteiger charge is 2.45. The molecule has 15 heteroatoms. The molecule has 304 valence electrons. The lowest BCUT2D eigenvalue weighted by molar-refractivity contribution is -0.0926. The highest BCUT2D eigenvalue weighted by molar-refractivity contribution is 7.44. The van der Waals surface area contributed by atoms with E-state index in [1.54, 1.807) is 21.1 Å². The molecule has 3 aromatic carbocycles. The number of H-pyrrole nitrogens is 1. The summed E-state index contributed by atoms with van der Waals surface area (Å²) in [5, 5.41) is 9.33. The van der Waals surface area contributed by atoms with E-state index >= 15 is 0 Å². The summed E-state index contributed by atoms with van der Waals surface area (Å²) in [7, 11) is 1.46. The molecule has 1 N–H and O–H groups in total. The average Bonchev–Trinajstić information content (AvgIpc) is 3.60. The molecular formula is C42H51N4O10P. The molecule has 14 nitrogen and oxygen atoms in total. The van der Waals surface area contributed by atoms with E-state index < -0.39 is 49.8 Å². The van der Waals surface area contributed by atoms with E-state index in [4.69, 9.17) is 32.7 Å². The van der Waals surface area contributed by atoms with Crippen molar-refractivity contribution in [3.05, 3.63) is 128 Å². The Balaban J connectivity index is 1.63. The van der Waals surface area contributed by atoms with Crippen LogP contribution in [0.2, 0.25) is 0 Å². The van der Waals surface area contributed by atoms with Crippen LogP contribution in [0.1, 0.15) is 80.7 Å². The van der Waals surface area contributed by atoms with Gasteiger partial charge in [-0.15, -0.1) is 0 Å². The molecule has 0 spiro atoms. The van der Waals surface area contributed by atoms with E-state index in [1.165, 1.54) is 4.57 Å². The number of hydrogen-bond donors (Lipinski definition) is 1. The van der Waals surface area contributed by atoms with E-state index in [2.05, 4.69) is 15.7 Å². The minimum Gasteiger partial charge on any atom is -0.497 e. The number of benzene rings is 3. The quantitative estimate of drug-likeness (QED) is 0.0464. The van der Waals surface area contributed by atoms with Crippen LogP contribution in [0, 0.1) is 11.3 Å². The van der Waals surface area contributed by atoms with E-state index in [9.17, 15) is 19.6 Å². The number of nitriles is 1. The number of aromatic amines is 1. The molecule has 5 rings (SSSR count). The maximum absolute atomic E-state index is 13.4. The van der Waals surface area contributed by atoms with Gasteiger partial charge in [-0.25, -0.2) is 14.3 Å². The number of esters is 1. The Morgan fingerprint density at radius 2 is 1.53 bits per heavy atom. The molecular weight excluding hydrogens is 751 g/mol. The maximum atomic E-state index is 13.4. The number of aromatic nitrogens is 2. The van der Waals surface area contributed by atoms with Crippen LogP contribution in [0.3, 0.4) is 0 Å². The van der Waals surface area contributed by atoms with Gasteiger partial charge in [-0.3, -0.25) is 14.3 Å². The first-order chi connectivity index (χ1) is 27.5. The van der Waals surface area contributed by atoms with Crippen LogP contribution < -0.4 is 20.7 Å². The van der Waals surface area contributed by atoms with Gasteiger partial charge in [-0.1, -0.05) is 54.6 Å². The van der Waals surface area contributed by atoms with Crippen LogP contribution in [0.15, 0.2) is 94.6 Å². The van der Waals surface area contributed by atoms with Crippen LogP contribution in [0.25, 0.3) is 0 Å². The average molecular weight is 803 g/mol. The number of methoxy groups -OCH3 is 2. The molecule has 0 radical (unpaired) electrons. The molecule has 4 atom stereocenters. The second-order valence-electron chi connectivity index (χ2n) is 13.8. The Morgan fingerprint density at radius 1 is 0.947 bits per heavy atom. The Morgan fingerprint density at radius 3 is 2.05 bits per heavy atom. The lowest BCUT2D eigenvalue weighted by Gasteiger charge is -2.39. The monoisotopic (exact) mass is 802 g/mol. The van der Waals surface area contributed by atoms with Gasteiger partial charge in [0, 0.05) is 24.7 Å². The summed E-state index contributed by atoms with van der Waals surface area (Å²) in [5.41, 5.74) is -0.750. The summed E-state index contributed by atoms with van der Waals surface area (Å²) in [6.07, 6.45) is -1.09. The first-order valence-electron chi connectivity index (χ1n) is 18.9. The highest BCUT2D eigenvalue weighted by atomic mass is 31.2. The minimum atomic E-state index is -1.76. The summed E-state index contributed by atoms with van der Waals surface area (Å²) in [5.74, 6) is 0.469. The minimum absolute atomic E-state index is 0.0100. The molecule has 1 unspecified atom stereocenters. The SMILES string of the molecule is CCOC(=O)c1cn([C@H]2C[C@H](OP(OCCC#N)N(C(C)C)C(C)C)[C@@H](COC(c3ccccc3)(c3ccc(OC)cc3)c3ccc(OC)cc3)O2)c(=O)[nH]c1=O. The fourth-order valence-corrected chi connectivity index (χ4v) is 8.64. The third kappa shape index (κ3) is 9.99. The van der Waals surface area contributed by atoms with Crippen LogP contribution in [-0.2, 0) is 28.9 Å². The summed E-state index contributed by atoms with van der Waals surface area (Å²) in [6.45, 7) is 9.90. The van der Waals surface area contributed by atoms with Crippen molar-refractivity contribution < 1.29 is 37.5 Å². The van der Waals surface area contributed by atoms with E-state index in [0.29, 0.717) is 11.5 Å². The van der Waals surface area contributed by atoms with Crippen molar-refractivity contribution in [1.82, 2.24) is 14.2 Å².